The van der Waals surface area contributed by atoms with Gasteiger partial charge in [0, 0.05) is 28.5 Å². The van der Waals surface area contributed by atoms with Crippen LogP contribution in [0.5, 0.6) is 0 Å². The van der Waals surface area contributed by atoms with Crippen molar-refractivity contribution in [3.8, 4) is 0 Å². The lowest BCUT2D eigenvalue weighted by atomic mass is 10.1. The van der Waals surface area contributed by atoms with Crippen LogP contribution in [0.2, 0.25) is 0 Å². The van der Waals surface area contributed by atoms with Crippen molar-refractivity contribution < 1.29 is 9.90 Å². The van der Waals surface area contributed by atoms with E-state index in [1.165, 1.54) is 11.3 Å². The van der Waals surface area contributed by atoms with Crippen LogP contribution in [0.15, 0.2) is 17.1 Å². The van der Waals surface area contributed by atoms with Crippen LogP contribution >= 0.6 is 34.9 Å². The number of rotatable bonds is 6. The van der Waals surface area contributed by atoms with E-state index in [-0.39, 0.29) is 17.5 Å². The summed E-state index contributed by atoms with van der Waals surface area (Å²) in [5, 5.41) is 13.3. The van der Waals surface area contributed by atoms with Crippen molar-refractivity contribution in [3.63, 3.8) is 0 Å². The highest BCUT2D eigenvalue weighted by molar-refractivity contribution is 8.39. The van der Waals surface area contributed by atoms with E-state index in [0.29, 0.717) is 17.2 Å². The van der Waals surface area contributed by atoms with Crippen LogP contribution in [-0.2, 0) is 0 Å². The molecule has 0 spiro atoms. The molecule has 1 aromatic heterocycles. The van der Waals surface area contributed by atoms with Gasteiger partial charge in [-0.05, 0) is 32.9 Å². The van der Waals surface area contributed by atoms with Gasteiger partial charge in [0.1, 0.15) is 4.38 Å². The van der Waals surface area contributed by atoms with Crippen LogP contribution < -0.4 is 11.1 Å². The number of aliphatic hydroxyl groups is 1. The molecule has 2 unspecified atom stereocenters. The first-order chi connectivity index (χ1) is 10.7. The molecule has 8 heteroatoms. The number of amides is 1. The first kappa shape index (κ1) is 18.8. The second-order valence-electron chi connectivity index (χ2n) is 6.38. The highest BCUT2D eigenvalue weighted by Crippen LogP contribution is 2.37. The number of aliphatic imine (C=N–C) groups is 1. The summed E-state index contributed by atoms with van der Waals surface area (Å²) in [7, 11) is 0. The average Bonchev–Trinajstić information content (AvgIpc) is 3.10. The van der Waals surface area contributed by atoms with E-state index in [2.05, 4.69) is 31.1 Å². The van der Waals surface area contributed by atoms with E-state index >= 15 is 0 Å². The molecule has 128 valence electrons. The first-order valence-electron chi connectivity index (χ1n) is 7.40. The molecule has 0 saturated heterocycles. The Hall–Kier alpha value is -0.540. The second-order valence-corrected chi connectivity index (χ2v) is 9.77. The van der Waals surface area contributed by atoms with Gasteiger partial charge in [0.15, 0.2) is 0 Å². The maximum atomic E-state index is 11.2. The van der Waals surface area contributed by atoms with E-state index in [9.17, 15) is 9.90 Å². The Morgan fingerprint density at radius 1 is 1.57 bits per heavy atom. The number of thiophene rings is 1. The van der Waals surface area contributed by atoms with Crippen LogP contribution in [0, 0.1) is 0 Å². The van der Waals surface area contributed by atoms with Crippen molar-refractivity contribution >= 4 is 45.1 Å². The molecule has 2 atom stereocenters. The lowest BCUT2D eigenvalue weighted by Gasteiger charge is -2.22. The van der Waals surface area contributed by atoms with Crippen molar-refractivity contribution in [2.24, 2.45) is 10.7 Å². The van der Waals surface area contributed by atoms with Gasteiger partial charge >= 0.3 is 0 Å². The molecule has 0 radical (unpaired) electrons. The molecule has 0 aliphatic carbocycles. The van der Waals surface area contributed by atoms with Crippen molar-refractivity contribution in [1.82, 2.24) is 5.32 Å². The molecule has 1 aromatic rings. The van der Waals surface area contributed by atoms with Crippen LogP contribution in [0.1, 0.15) is 41.4 Å². The molecule has 0 aromatic carbocycles. The van der Waals surface area contributed by atoms with Crippen LogP contribution in [-0.4, -0.2) is 45.1 Å². The van der Waals surface area contributed by atoms with Gasteiger partial charge in [-0.3, -0.25) is 9.79 Å². The van der Waals surface area contributed by atoms with E-state index < -0.39 is 6.10 Å². The van der Waals surface area contributed by atoms with E-state index in [0.717, 1.165) is 15.0 Å². The molecule has 23 heavy (non-hydrogen) atoms. The lowest BCUT2D eigenvalue weighted by molar-refractivity contribution is 0.100. The Bertz CT molecular complexity index is 581. The number of nitrogens with two attached hydrogens (primary N) is 1. The Labute approximate surface area is 149 Å². The third kappa shape index (κ3) is 6.11. The summed E-state index contributed by atoms with van der Waals surface area (Å²) in [4.78, 5) is 17.5. The smallest absolute Gasteiger partial charge is 0.258 e. The SMILES string of the molecule is CC(C)(C)NCC(O)CSC1=NC(c2ccc(C(N)=O)s2)CS1. The van der Waals surface area contributed by atoms with Gasteiger partial charge in [0.2, 0.25) is 0 Å². The number of β-amino-alcohol motifs (C(OH)–C–C–N with tert-alkyl or cyclic N) is 1. The van der Waals surface area contributed by atoms with E-state index in [4.69, 9.17) is 5.73 Å². The van der Waals surface area contributed by atoms with Crippen LogP contribution in [0.25, 0.3) is 0 Å². The molecule has 0 saturated carbocycles. The predicted molar refractivity (Wildman–Crippen MR) is 102 cm³/mol. The van der Waals surface area contributed by atoms with E-state index in [1.54, 1.807) is 29.6 Å². The zero-order valence-electron chi connectivity index (χ0n) is 13.5. The Morgan fingerprint density at radius 3 is 2.91 bits per heavy atom. The number of hydrogen-bond donors (Lipinski definition) is 3. The molecule has 1 aliphatic heterocycles. The van der Waals surface area contributed by atoms with Crippen LogP contribution in [0.4, 0.5) is 0 Å². The lowest BCUT2D eigenvalue weighted by Crippen LogP contribution is -2.41. The first-order valence-corrected chi connectivity index (χ1v) is 10.2. The Morgan fingerprint density at radius 2 is 2.30 bits per heavy atom. The summed E-state index contributed by atoms with van der Waals surface area (Å²) >= 11 is 4.70. The van der Waals surface area contributed by atoms with Gasteiger partial charge < -0.3 is 16.2 Å². The minimum absolute atomic E-state index is 0.00761. The molecule has 1 amide bonds. The van der Waals surface area contributed by atoms with E-state index in [1.807, 2.05) is 6.07 Å². The summed E-state index contributed by atoms with van der Waals surface area (Å²) < 4.78 is 0.999. The molecular weight excluding hydrogens is 350 g/mol. The van der Waals surface area contributed by atoms with Gasteiger partial charge in [0.05, 0.1) is 17.0 Å². The number of nitrogens with zero attached hydrogens (tertiary/aromatic N) is 1. The normalized spacial score (nSPS) is 19.7. The quantitative estimate of drug-likeness (QED) is 0.713. The number of hydrogen-bond acceptors (Lipinski definition) is 7. The summed E-state index contributed by atoms with van der Waals surface area (Å²) in [6.45, 7) is 6.81. The predicted octanol–water partition coefficient (Wildman–Crippen LogP) is 2.47. The number of aliphatic hydroxyl groups excluding tert-OH is 1. The maximum Gasteiger partial charge on any atom is 0.258 e. The Kier molecular flexibility index (Phi) is 6.56. The fourth-order valence-corrected chi connectivity index (χ4v) is 5.05. The molecule has 0 fully saturated rings. The fraction of sp³-hybridized carbons (Fsp3) is 0.600. The molecule has 0 bridgehead atoms. The van der Waals surface area contributed by atoms with Gasteiger partial charge in [-0.2, -0.15) is 0 Å². The molecule has 2 heterocycles. The zero-order valence-corrected chi connectivity index (χ0v) is 16.0. The van der Waals surface area contributed by atoms with Gasteiger partial charge in [-0.1, -0.05) is 23.5 Å². The van der Waals surface area contributed by atoms with Gasteiger partial charge in [-0.25, -0.2) is 0 Å². The average molecular weight is 374 g/mol. The molecule has 5 nitrogen and oxygen atoms in total. The molecular formula is C15H23N3O2S3. The maximum absolute atomic E-state index is 11.2. The second kappa shape index (κ2) is 8.02. The highest BCUT2D eigenvalue weighted by Gasteiger charge is 2.23. The fourth-order valence-electron chi connectivity index (χ4n) is 1.89. The highest BCUT2D eigenvalue weighted by atomic mass is 32.2. The number of primary amides is 1. The number of nitrogens with one attached hydrogen (secondary N) is 1. The minimum Gasteiger partial charge on any atom is -0.391 e. The van der Waals surface area contributed by atoms with Gasteiger partial charge in [0.25, 0.3) is 5.91 Å². The standard InChI is InChI=1S/C15H23N3O2S3/c1-15(2,3)17-6-9(19)7-21-14-18-10(8-22-14)11-4-5-12(23-11)13(16)20/h4-5,9-10,17,19H,6-8H2,1-3H3,(H2,16,20). The third-order valence-electron chi connectivity index (χ3n) is 3.09. The summed E-state index contributed by atoms with van der Waals surface area (Å²) in [6.07, 6.45) is -0.398. The summed E-state index contributed by atoms with van der Waals surface area (Å²) in [5.41, 5.74) is 5.29. The summed E-state index contributed by atoms with van der Waals surface area (Å²) in [6, 6.07) is 3.77. The third-order valence-corrected chi connectivity index (χ3v) is 6.74. The van der Waals surface area contributed by atoms with Crippen molar-refractivity contribution in [3.05, 3.63) is 21.9 Å². The minimum atomic E-state index is -0.398. The molecule has 1 aliphatic rings. The Balaban J connectivity index is 1.81. The van der Waals surface area contributed by atoms with Crippen molar-refractivity contribution in [2.75, 3.05) is 18.1 Å². The monoisotopic (exact) mass is 373 g/mol. The van der Waals surface area contributed by atoms with Crippen molar-refractivity contribution in [1.29, 1.82) is 0 Å². The van der Waals surface area contributed by atoms with Crippen LogP contribution in [0.3, 0.4) is 0 Å². The molecule has 2 rings (SSSR count). The zero-order chi connectivity index (χ0) is 17.0. The topological polar surface area (TPSA) is 87.7 Å². The van der Waals surface area contributed by atoms with Crippen molar-refractivity contribution in [2.45, 2.75) is 38.5 Å². The number of thioether (sulfide) groups is 2. The number of carbonyl (C=O) groups excluding carboxylic acids is 1. The van der Waals surface area contributed by atoms with Gasteiger partial charge in [-0.15, -0.1) is 11.3 Å². The number of carbonyl (C=O) groups is 1. The summed E-state index contributed by atoms with van der Waals surface area (Å²) in [5.74, 6) is 1.11. The molecule has 4 N–H and O–H groups in total. The largest absolute Gasteiger partial charge is 0.391 e.